The summed E-state index contributed by atoms with van der Waals surface area (Å²) in [6.07, 6.45) is 2.71. The summed E-state index contributed by atoms with van der Waals surface area (Å²) in [6, 6.07) is 4.90. The topological polar surface area (TPSA) is 95.1 Å². The lowest BCUT2D eigenvalue weighted by Gasteiger charge is -2.13. The van der Waals surface area contributed by atoms with Crippen LogP contribution in [0.15, 0.2) is 57.9 Å². The largest absolute Gasteiger partial charge is 0.337 e. The Labute approximate surface area is 159 Å². The van der Waals surface area contributed by atoms with Gasteiger partial charge in [0.25, 0.3) is 0 Å². The highest BCUT2D eigenvalue weighted by atomic mass is 35.5. The Morgan fingerprint density at radius 3 is 2.04 bits per heavy atom. The minimum absolute atomic E-state index is 0.0903. The number of allylic oxidation sites excluding steroid dienone is 2. The summed E-state index contributed by atoms with van der Waals surface area (Å²) >= 11 is 5.88. The molecule has 0 fully saturated rings. The fourth-order valence-electron chi connectivity index (χ4n) is 2.49. The SMILES string of the molecule is C=CCn1c(=O)n(CC=C)c(=O)n(CC(=O)Nc2ccc(Cl)cc2C)c1=O. The first-order valence-corrected chi connectivity index (χ1v) is 8.40. The number of hydrogen-bond acceptors (Lipinski definition) is 4. The predicted molar refractivity (Wildman–Crippen MR) is 104 cm³/mol. The molecule has 142 valence electrons. The molecule has 1 heterocycles. The van der Waals surface area contributed by atoms with Crippen LogP contribution in [-0.2, 0) is 24.4 Å². The number of carbonyl (C=O) groups excluding carboxylic acids is 1. The molecule has 2 aromatic rings. The molecule has 1 amide bonds. The third-order valence-electron chi connectivity index (χ3n) is 3.77. The third kappa shape index (κ3) is 4.35. The Bertz CT molecular complexity index is 1030. The third-order valence-corrected chi connectivity index (χ3v) is 4.01. The van der Waals surface area contributed by atoms with Gasteiger partial charge in [-0.05, 0) is 30.7 Å². The number of amides is 1. The Balaban J connectivity index is 2.45. The van der Waals surface area contributed by atoms with Crippen molar-refractivity contribution in [2.45, 2.75) is 26.6 Å². The van der Waals surface area contributed by atoms with Crippen LogP contribution < -0.4 is 22.4 Å². The zero-order chi connectivity index (χ0) is 20.1. The molecule has 1 aromatic heterocycles. The average Bonchev–Trinajstić information content (AvgIpc) is 2.62. The van der Waals surface area contributed by atoms with Gasteiger partial charge in [-0.15, -0.1) is 13.2 Å². The normalized spacial score (nSPS) is 10.4. The van der Waals surface area contributed by atoms with E-state index in [0.29, 0.717) is 15.3 Å². The first-order chi connectivity index (χ1) is 12.8. The highest BCUT2D eigenvalue weighted by Crippen LogP contribution is 2.19. The Hall–Kier alpha value is -3.13. The van der Waals surface area contributed by atoms with Gasteiger partial charge < -0.3 is 5.32 Å². The Kier molecular flexibility index (Phi) is 6.36. The van der Waals surface area contributed by atoms with E-state index in [0.717, 1.165) is 14.7 Å². The number of rotatable bonds is 7. The van der Waals surface area contributed by atoms with Crippen molar-refractivity contribution in [3.8, 4) is 0 Å². The fourth-order valence-corrected chi connectivity index (χ4v) is 2.72. The number of aromatic nitrogens is 3. The van der Waals surface area contributed by atoms with Crippen LogP contribution in [0.1, 0.15) is 5.56 Å². The summed E-state index contributed by atoms with van der Waals surface area (Å²) in [5.74, 6) is -0.589. The summed E-state index contributed by atoms with van der Waals surface area (Å²) < 4.78 is 2.37. The van der Waals surface area contributed by atoms with Crippen molar-refractivity contribution in [2.24, 2.45) is 0 Å². The summed E-state index contributed by atoms with van der Waals surface area (Å²) in [4.78, 5) is 49.7. The van der Waals surface area contributed by atoms with Crippen LogP contribution in [0.2, 0.25) is 5.02 Å². The van der Waals surface area contributed by atoms with Crippen LogP contribution in [0, 0.1) is 6.92 Å². The number of nitrogens with one attached hydrogen (secondary N) is 1. The number of hydrogen-bond donors (Lipinski definition) is 1. The monoisotopic (exact) mass is 390 g/mol. The van der Waals surface area contributed by atoms with Crippen LogP contribution in [-0.4, -0.2) is 19.6 Å². The van der Waals surface area contributed by atoms with Crippen LogP contribution in [0.4, 0.5) is 5.69 Å². The molecule has 0 aliphatic rings. The van der Waals surface area contributed by atoms with Crippen molar-refractivity contribution in [3.63, 3.8) is 0 Å². The number of nitrogens with zero attached hydrogens (tertiary/aromatic N) is 3. The number of halogens is 1. The number of benzene rings is 1. The van der Waals surface area contributed by atoms with Crippen LogP contribution in [0.3, 0.4) is 0 Å². The molecule has 0 unspecified atom stereocenters. The molecule has 0 radical (unpaired) electrons. The van der Waals surface area contributed by atoms with Crippen molar-refractivity contribution in [1.82, 2.24) is 13.7 Å². The number of carbonyl (C=O) groups is 1. The lowest BCUT2D eigenvalue weighted by Crippen LogP contribution is -2.55. The molecule has 1 N–H and O–H groups in total. The second-order valence-corrected chi connectivity index (χ2v) is 6.18. The molecular weight excluding hydrogens is 372 g/mol. The maximum Gasteiger partial charge on any atom is 0.337 e. The van der Waals surface area contributed by atoms with E-state index < -0.39 is 29.5 Å². The Morgan fingerprint density at radius 2 is 1.56 bits per heavy atom. The van der Waals surface area contributed by atoms with Gasteiger partial charge in [0.05, 0.1) is 13.1 Å². The van der Waals surface area contributed by atoms with E-state index in [1.807, 2.05) is 0 Å². The molecule has 0 saturated carbocycles. The second-order valence-electron chi connectivity index (χ2n) is 5.74. The van der Waals surface area contributed by atoms with E-state index in [1.165, 1.54) is 12.2 Å². The molecule has 2 rings (SSSR count). The molecule has 0 saturated heterocycles. The molecule has 0 aliphatic heterocycles. The van der Waals surface area contributed by atoms with Gasteiger partial charge in [0.1, 0.15) is 6.54 Å². The zero-order valence-electron chi connectivity index (χ0n) is 14.8. The molecule has 0 atom stereocenters. The van der Waals surface area contributed by atoms with E-state index in [1.54, 1.807) is 25.1 Å². The van der Waals surface area contributed by atoms with Gasteiger partial charge in [0.2, 0.25) is 5.91 Å². The van der Waals surface area contributed by atoms with E-state index in [4.69, 9.17) is 11.6 Å². The highest BCUT2D eigenvalue weighted by Gasteiger charge is 2.17. The van der Waals surface area contributed by atoms with Crippen molar-refractivity contribution in [1.29, 1.82) is 0 Å². The molecule has 0 aliphatic carbocycles. The smallest absolute Gasteiger partial charge is 0.324 e. The molecule has 0 bridgehead atoms. The van der Waals surface area contributed by atoms with Crippen molar-refractivity contribution in [2.75, 3.05) is 5.32 Å². The lowest BCUT2D eigenvalue weighted by molar-refractivity contribution is -0.116. The van der Waals surface area contributed by atoms with E-state index in [-0.39, 0.29) is 13.1 Å². The minimum atomic E-state index is -0.881. The number of aryl methyl sites for hydroxylation is 1. The zero-order valence-corrected chi connectivity index (χ0v) is 15.5. The Morgan fingerprint density at radius 1 is 1.04 bits per heavy atom. The van der Waals surface area contributed by atoms with E-state index >= 15 is 0 Å². The first-order valence-electron chi connectivity index (χ1n) is 8.02. The average molecular weight is 391 g/mol. The van der Waals surface area contributed by atoms with E-state index in [2.05, 4.69) is 18.5 Å². The van der Waals surface area contributed by atoms with Crippen molar-refractivity contribution >= 4 is 23.2 Å². The van der Waals surface area contributed by atoms with Gasteiger partial charge in [-0.25, -0.2) is 28.1 Å². The minimum Gasteiger partial charge on any atom is -0.324 e. The second kappa shape index (κ2) is 8.50. The number of anilines is 1. The fraction of sp³-hybridized carbons (Fsp3) is 0.222. The molecule has 8 nitrogen and oxygen atoms in total. The predicted octanol–water partition coefficient (Wildman–Crippen LogP) is 1.14. The highest BCUT2D eigenvalue weighted by molar-refractivity contribution is 6.30. The summed E-state index contributed by atoms with van der Waals surface area (Å²) in [5.41, 5.74) is -1.32. The summed E-state index contributed by atoms with van der Waals surface area (Å²) in [5, 5.41) is 3.14. The molecule has 9 heteroatoms. The summed E-state index contributed by atoms with van der Waals surface area (Å²) in [6.45, 7) is 8.02. The lowest BCUT2D eigenvalue weighted by atomic mass is 10.2. The molecule has 0 spiro atoms. The summed E-state index contributed by atoms with van der Waals surface area (Å²) in [7, 11) is 0. The van der Waals surface area contributed by atoms with Crippen molar-refractivity contribution < 1.29 is 4.79 Å². The van der Waals surface area contributed by atoms with Gasteiger partial charge >= 0.3 is 17.1 Å². The van der Waals surface area contributed by atoms with Gasteiger partial charge in [-0.3, -0.25) is 4.79 Å². The van der Waals surface area contributed by atoms with Crippen LogP contribution >= 0.6 is 11.6 Å². The van der Waals surface area contributed by atoms with Gasteiger partial charge in [0.15, 0.2) is 0 Å². The maximum absolute atomic E-state index is 12.5. The van der Waals surface area contributed by atoms with Gasteiger partial charge in [-0.1, -0.05) is 23.8 Å². The standard InChI is InChI=1S/C18H19ClN4O4/c1-4-8-21-16(25)22(9-5-2)18(27)23(17(21)26)11-15(24)20-14-7-6-13(19)10-12(14)3/h4-7,10H,1-2,8-9,11H2,3H3,(H,20,24). The first kappa shape index (κ1) is 20.2. The van der Waals surface area contributed by atoms with Crippen LogP contribution in [0.5, 0.6) is 0 Å². The van der Waals surface area contributed by atoms with Crippen LogP contribution in [0.25, 0.3) is 0 Å². The van der Waals surface area contributed by atoms with E-state index in [9.17, 15) is 19.2 Å². The van der Waals surface area contributed by atoms with Gasteiger partial charge in [0, 0.05) is 10.7 Å². The quantitative estimate of drug-likeness (QED) is 0.717. The molecular formula is C18H19ClN4O4. The van der Waals surface area contributed by atoms with Gasteiger partial charge in [-0.2, -0.15) is 0 Å². The molecule has 1 aromatic carbocycles. The van der Waals surface area contributed by atoms with Crippen molar-refractivity contribution in [3.05, 3.63) is 85.5 Å². The maximum atomic E-state index is 12.5. The molecule has 27 heavy (non-hydrogen) atoms.